The molecule has 0 saturated heterocycles. The molecule has 0 aliphatic rings. The van der Waals surface area contributed by atoms with E-state index in [1.54, 1.807) is 19.1 Å². The Hall–Kier alpha value is -1.12. The zero-order valence-electron chi connectivity index (χ0n) is 14.9. The molecule has 0 saturated carbocycles. The van der Waals surface area contributed by atoms with Gasteiger partial charge in [-0.25, -0.2) is 4.79 Å². The summed E-state index contributed by atoms with van der Waals surface area (Å²) in [6.45, 7) is 0.388. The SMILES string of the molecule is CC=CC=CC(=O)[O-].O=C(O)CC(CC(=O)O)(OCC(O)CO)C(=O)O.[K+]. The van der Waals surface area contributed by atoms with Crippen LogP contribution in [0.25, 0.3) is 0 Å². The fourth-order valence-corrected chi connectivity index (χ4v) is 1.42. The Balaban J connectivity index is -0.000000542. The van der Waals surface area contributed by atoms with E-state index in [4.69, 9.17) is 30.3 Å². The van der Waals surface area contributed by atoms with E-state index in [1.165, 1.54) is 6.08 Å². The number of carbonyl (C=O) groups excluding carboxylic acids is 1. The topological polar surface area (TPSA) is 202 Å². The van der Waals surface area contributed by atoms with Gasteiger partial charge in [0.1, 0.15) is 6.10 Å². The minimum Gasteiger partial charge on any atom is -0.545 e. The molecule has 5 N–H and O–H groups in total. The van der Waals surface area contributed by atoms with Crippen molar-refractivity contribution in [2.45, 2.75) is 31.5 Å². The minimum atomic E-state index is -2.48. The van der Waals surface area contributed by atoms with Crippen LogP contribution in [-0.2, 0) is 23.9 Å². The van der Waals surface area contributed by atoms with Crippen LogP contribution in [-0.4, -0.2) is 74.3 Å². The summed E-state index contributed by atoms with van der Waals surface area (Å²) in [5.74, 6) is -6.05. The van der Waals surface area contributed by atoms with E-state index in [2.05, 4.69) is 0 Å². The van der Waals surface area contributed by atoms with E-state index in [0.717, 1.165) is 6.08 Å². The fourth-order valence-electron chi connectivity index (χ4n) is 1.42. The molecule has 1 atom stereocenters. The minimum absolute atomic E-state index is 0. The number of aliphatic carboxylic acids is 4. The molecule has 0 radical (unpaired) electrons. The Labute approximate surface area is 197 Å². The predicted molar refractivity (Wildman–Crippen MR) is 82.9 cm³/mol. The molecule has 0 aromatic heterocycles. The summed E-state index contributed by atoms with van der Waals surface area (Å²) in [7, 11) is 0. The Morgan fingerprint density at radius 2 is 1.56 bits per heavy atom. The number of hydrogen-bond acceptors (Lipinski definition) is 8. The first kappa shape index (κ1) is 30.6. The molecule has 0 rings (SSSR count). The van der Waals surface area contributed by atoms with Crippen LogP contribution in [0.15, 0.2) is 24.3 Å². The number of carboxylic acid groups (broad SMARTS) is 4. The number of carbonyl (C=O) groups is 4. The number of aliphatic hydroxyl groups is 2. The van der Waals surface area contributed by atoms with Crippen molar-refractivity contribution < 1.29 is 106 Å². The van der Waals surface area contributed by atoms with Crippen LogP contribution in [0.1, 0.15) is 19.8 Å². The predicted octanol–water partition coefficient (Wildman–Crippen LogP) is -5.00. The van der Waals surface area contributed by atoms with Crippen molar-refractivity contribution in [3.63, 3.8) is 0 Å². The quantitative estimate of drug-likeness (QED) is 0.123. The van der Waals surface area contributed by atoms with Crippen LogP contribution in [0.2, 0.25) is 0 Å². The van der Waals surface area contributed by atoms with E-state index in [0.29, 0.717) is 0 Å². The maximum absolute atomic E-state index is 11.0. The van der Waals surface area contributed by atoms with E-state index >= 15 is 0 Å². The van der Waals surface area contributed by atoms with E-state index in [9.17, 15) is 24.3 Å². The molecular formula is C15H21KO11. The maximum atomic E-state index is 11.0. The van der Waals surface area contributed by atoms with E-state index in [-0.39, 0.29) is 51.4 Å². The summed E-state index contributed by atoms with van der Waals surface area (Å²) in [6.07, 6.45) is 2.16. The number of allylic oxidation sites excluding steroid dienone is 3. The molecule has 0 spiro atoms. The third-order valence-corrected chi connectivity index (χ3v) is 2.56. The number of hydrogen-bond donors (Lipinski definition) is 5. The van der Waals surface area contributed by atoms with Gasteiger partial charge in [0, 0.05) is 0 Å². The van der Waals surface area contributed by atoms with Crippen molar-refractivity contribution in [3.8, 4) is 0 Å². The van der Waals surface area contributed by atoms with Crippen LogP contribution in [0.3, 0.4) is 0 Å². The van der Waals surface area contributed by atoms with Crippen molar-refractivity contribution in [1.29, 1.82) is 0 Å². The summed E-state index contributed by atoms with van der Waals surface area (Å²) in [5, 5.41) is 53.3. The van der Waals surface area contributed by atoms with Crippen molar-refractivity contribution >= 4 is 23.9 Å². The summed E-state index contributed by atoms with van der Waals surface area (Å²) in [6, 6.07) is 0. The van der Waals surface area contributed by atoms with Crippen LogP contribution in [0, 0.1) is 0 Å². The van der Waals surface area contributed by atoms with E-state index < -0.39 is 61.6 Å². The van der Waals surface area contributed by atoms with E-state index in [1.807, 2.05) is 0 Å². The molecule has 11 nitrogen and oxygen atoms in total. The molecule has 0 amide bonds. The van der Waals surface area contributed by atoms with Gasteiger partial charge in [-0.3, -0.25) is 9.59 Å². The summed E-state index contributed by atoms with van der Waals surface area (Å²) >= 11 is 0. The summed E-state index contributed by atoms with van der Waals surface area (Å²) in [5.41, 5.74) is -2.48. The van der Waals surface area contributed by atoms with Crippen LogP contribution in [0.4, 0.5) is 0 Å². The molecule has 12 heteroatoms. The molecule has 0 aromatic rings. The van der Waals surface area contributed by atoms with Crippen LogP contribution in [0.5, 0.6) is 0 Å². The van der Waals surface area contributed by atoms with Gasteiger partial charge in [0.25, 0.3) is 0 Å². The van der Waals surface area contributed by atoms with Gasteiger partial charge in [-0.15, -0.1) is 0 Å². The molecule has 0 heterocycles. The zero-order valence-corrected chi connectivity index (χ0v) is 18.0. The molecule has 148 valence electrons. The van der Waals surface area contributed by atoms with Crippen molar-refractivity contribution in [3.05, 3.63) is 24.3 Å². The first-order chi connectivity index (χ1) is 12.0. The average Bonchev–Trinajstić information content (AvgIpc) is 2.51. The number of ether oxygens (including phenoxy) is 1. The van der Waals surface area contributed by atoms with Gasteiger partial charge in [0.2, 0.25) is 0 Å². The van der Waals surface area contributed by atoms with Crippen molar-refractivity contribution in [2.24, 2.45) is 0 Å². The maximum Gasteiger partial charge on any atom is 1.00 e. The second-order valence-corrected chi connectivity index (χ2v) is 4.79. The van der Waals surface area contributed by atoms with Gasteiger partial charge in [-0.2, -0.15) is 0 Å². The normalized spacial score (nSPS) is 12.0. The standard InChI is InChI=1S/C9H14O9.C6H8O2.K/c10-3-5(11)4-18-9(8(16)17,1-6(12)13)2-7(14)15;1-2-3-4-5-6(7)8;/h5,10-11H,1-4H2,(H,12,13)(H,14,15)(H,16,17);2-5H,1H3,(H,7,8);/q;;+1/p-1. The monoisotopic (exact) mass is 416 g/mol. The molecule has 0 bridgehead atoms. The Kier molecular flexibility index (Phi) is 19.3. The Morgan fingerprint density at radius 1 is 1.07 bits per heavy atom. The van der Waals surface area contributed by atoms with Gasteiger partial charge in [-0.05, 0) is 13.0 Å². The molecule has 0 aliphatic heterocycles. The summed E-state index contributed by atoms with van der Waals surface area (Å²) in [4.78, 5) is 41.8. The summed E-state index contributed by atoms with van der Waals surface area (Å²) < 4.78 is 4.69. The molecular weight excluding hydrogens is 395 g/mol. The Bertz CT molecular complexity index is 526. The average molecular weight is 416 g/mol. The smallest absolute Gasteiger partial charge is 0.545 e. The number of carboxylic acids is 4. The molecule has 27 heavy (non-hydrogen) atoms. The second-order valence-electron chi connectivity index (χ2n) is 4.79. The third kappa shape index (κ3) is 16.8. The van der Waals surface area contributed by atoms with Gasteiger partial charge in [-0.1, -0.05) is 18.2 Å². The van der Waals surface area contributed by atoms with Gasteiger partial charge >= 0.3 is 69.3 Å². The van der Waals surface area contributed by atoms with Crippen molar-refractivity contribution in [1.82, 2.24) is 0 Å². The van der Waals surface area contributed by atoms with Crippen LogP contribution < -0.4 is 56.5 Å². The molecule has 0 fully saturated rings. The number of aliphatic hydroxyl groups excluding tert-OH is 2. The third-order valence-electron chi connectivity index (χ3n) is 2.56. The molecule has 0 aliphatic carbocycles. The first-order valence-corrected chi connectivity index (χ1v) is 7.11. The van der Waals surface area contributed by atoms with Gasteiger partial charge in [0.05, 0.1) is 32.0 Å². The second kappa shape index (κ2) is 17.0. The van der Waals surface area contributed by atoms with Gasteiger partial charge in [0.15, 0.2) is 5.60 Å². The number of rotatable bonds is 11. The Morgan fingerprint density at radius 3 is 1.85 bits per heavy atom. The zero-order chi connectivity index (χ0) is 20.8. The largest absolute Gasteiger partial charge is 1.00 e. The molecule has 1 unspecified atom stereocenters. The van der Waals surface area contributed by atoms with Crippen LogP contribution >= 0.6 is 0 Å². The first-order valence-electron chi connectivity index (χ1n) is 7.11. The van der Waals surface area contributed by atoms with Crippen molar-refractivity contribution in [2.75, 3.05) is 13.2 Å². The molecule has 0 aromatic carbocycles. The van der Waals surface area contributed by atoms with Gasteiger partial charge < -0.3 is 40.2 Å². The fraction of sp³-hybridized carbons (Fsp3) is 0.467.